The molecule has 0 radical (unpaired) electrons. The van der Waals surface area contributed by atoms with E-state index < -0.39 is 0 Å². The summed E-state index contributed by atoms with van der Waals surface area (Å²) in [5.41, 5.74) is 0. The Hall–Kier alpha value is -1.10. The monoisotopic (exact) mass is 331 g/mol. The van der Waals surface area contributed by atoms with E-state index in [0.717, 1.165) is 19.3 Å². The summed E-state index contributed by atoms with van der Waals surface area (Å²) in [7, 11) is 1.90. The Bertz CT molecular complexity index is 271. The van der Waals surface area contributed by atoms with E-state index >= 15 is 0 Å². The quantitative estimate of drug-likeness (QED) is 0.655. The van der Waals surface area contributed by atoms with Crippen molar-refractivity contribution in [2.24, 2.45) is 5.92 Å². The number of carbonyl (C=O) groups is 2. The van der Waals surface area contributed by atoms with Gasteiger partial charge < -0.3 is 16.0 Å². The molecule has 0 heterocycles. The lowest BCUT2D eigenvalue weighted by Gasteiger charge is -2.18. The van der Waals surface area contributed by atoms with Crippen molar-refractivity contribution in [2.45, 2.75) is 80.2 Å². The second-order valence-electron chi connectivity index (χ2n) is 4.43. The number of amides is 2. The molecule has 2 amide bonds. The van der Waals surface area contributed by atoms with Crippen LogP contribution in [-0.2, 0) is 9.59 Å². The van der Waals surface area contributed by atoms with Crippen LogP contribution < -0.4 is 16.0 Å². The predicted octanol–water partition coefficient (Wildman–Crippen LogP) is 3.10. The molecule has 0 aromatic heterocycles. The minimum Gasteiger partial charge on any atom is -0.354 e. The maximum Gasteiger partial charge on any atom is 0.224 e. The summed E-state index contributed by atoms with van der Waals surface area (Å²) in [5.74, 6) is 0.211. The predicted molar refractivity (Wildman–Crippen MR) is 101 cm³/mol. The molecule has 5 nitrogen and oxygen atoms in total. The maximum absolute atomic E-state index is 11.9. The highest BCUT2D eigenvalue weighted by Gasteiger charge is 2.31. The van der Waals surface area contributed by atoms with Crippen LogP contribution in [0.1, 0.15) is 74.1 Å². The normalized spacial score (nSPS) is 18.1. The third-order valence-electron chi connectivity index (χ3n) is 3.29. The van der Waals surface area contributed by atoms with Gasteiger partial charge in [0.15, 0.2) is 0 Å². The van der Waals surface area contributed by atoms with Gasteiger partial charge in [0.25, 0.3) is 0 Å². The molecule has 140 valence electrons. The first-order valence-electron chi connectivity index (χ1n) is 9.40. The van der Waals surface area contributed by atoms with Crippen LogP contribution in [-0.4, -0.2) is 38.0 Å². The zero-order valence-electron chi connectivity index (χ0n) is 16.7. The molecule has 1 saturated carbocycles. The van der Waals surface area contributed by atoms with Crippen LogP contribution in [0.4, 0.5) is 0 Å². The summed E-state index contributed by atoms with van der Waals surface area (Å²) in [6, 6.07) is 0.306. The van der Waals surface area contributed by atoms with E-state index in [-0.39, 0.29) is 17.7 Å². The fourth-order valence-electron chi connectivity index (χ4n) is 2.26. The zero-order chi connectivity index (χ0) is 18.7. The molecule has 5 heteroatoms. The van der Waals surface area contributed by atoms with Gasteiger partial charge in [-0.05, 0) is 19.9 Å². The fourth-order valence-corrected chi connectivity index (χ4v) is 2.26. The standard InChI is InChI=1S/C12H23N3O2.3C2H6/c1-3-11(16)14-7-8-15-12(17)9-5-4-6-10(9)13-2;3*1-2/h9-10,13H,3-8H2,1-2H3,(H,14,16)(H,15,17);3*1-2H3/t9-,10+;;;/m1.../s1. The molecule has 0 aromatic rings. The topological polar surface area (TPSA) is 70.2 Å². The molecular weight excluding hydrogens is 290 g/mol. The average Bonchev–Trinajstić information content (AvgIpc) is 3.12. The van der Waals surface area contributed by atoms with Gasteiger partial charge in [-0.2, -0.15) is 0 Å². The van der Waals surface area contributed by atoms with Crippen molar-refractivity contribution in [3.8, 4) is 0 Å². The van der Waals surface area contributed by atoms with E-state index in [4.69, 9.17) is 0 Å². The van der Waals surface area contributed by atoms with Crippen LogP contribution in [0.2, 0.25) is 0 Å². The first-order chi connectivity index (χ1) is 11.2. The van der Waals surface area contributed by atoms with E-state index in [2.05, 4.69) is 16.0 Å². The summed E-state index contributed by atoms with van der Waals surface area (Å²) in [6.07, 6.45) is 3.62. The van der Waals surface area contributed by atoms with Crippen molar-refractivity contribution in [1.82, 2.24) is 16.0 Å². The third-order valence-corrected chi connectivity index (χ3v) is 3.29. The minimum absolute atomic E-state index is 0.0215. The molecule has 0 saturated heterocycles. The van der Waals surface area contributed by atoms with Crippen LogP contribution in [0.25, 0.3) is 0 Å². The SMILES string of the molecule is CC.CC.CC.CCC(=O)NCCNC(=O)[C@@H]1CCC[C@@H]1NC. The lowest BCUT2D eigenvalue weighted by Crippen LogP contribution is -2.42. The highest BCUT2D eigenvalue weighted by Crippen LogP contribution is 2.25. The Morgan fingerprint density at radius 3 is 1.91 bits per heavy atom. The summed E-state index contributed by atoms with van der Waals surface area (Å²) in [4.78, 5) is 22.8. The van der Waals surface area contributed by atoms with Gasteiger partial charge in [-0.1, -0.05) is 54.9 Å². The first-order valence-corrected chi connectivity index (χ1v) is 9.40. The molecule has 1 rings (SSSR count). The van der Waals surface area contributed by atoms with Gasteiger partial charge in [-0.25, -0.2) is 0 Å². The zero-order valence-corrected chi connectivity index (χ0v) is 16.7. The highest BCUT2D eigenvalue weighted by molar-refractivity contribution is 5.80. The summed E-state index contributed by atoms with van der Waals surface area (Å²) in [6.45, 7) is 14.8. The number of hydrogen-bond acceptors (Lipinski definition) is 3. The Morgan fingerprint density at radius 2 is 1.43 bits per heavy atom. The Morgan fingerprint density at radius 1 is 0.913 bits per heavy atom. The van der Waals surface area contributed by atoms with E-state index in [9.17, 15) is 9.59 Å². The van der Waals surface area contributed by atoms with Crippen molar-refractivity contribution in [2.75, 3.05) is 20.1 Å². The van der Waals surface area contributed by atoms with E-state index in [1.807, 2.05) is 55.5 Å². The smallest absolute Gasteiger partial charge is 0.224 e. The molecule has 1 aliphatic carbocycles. The Labute approximate surface area is 144 Å². The summed E-state index contributed by atoms with van der Waals surface area (Å²) in [5, 5.41) is 8.79. The van der Waals surface area contributed by atoms with Gasteiger partial charge >= 0.3 is 0 Å². The minimum atomic E-state index is 0.0215. The van der Waals surface area contributed by atoms with Crippen LogP contribution >= 0.6 is 0 Å². The first kappa shape index (κ1) is 26.8. The van der Waals surface area contributed by atoms with Crippen molar-refractivity contribution in [3.63, 3.8) is 0 Å². The molecule has 0 unspecified atom stereocenters. The van der Waals surface area contributed by atoms with Crippen molar-refractivity contribution in [1.29, 1.82) is 0 Å². The molecule has 0 aromatic carbocycles. The number of rotatable bonds is 6. The van der Waals surface area contributed by atoms with Crippen molar-refractivity contribution >= 4 is 11.8 Å². The number of carbonyl (C=O) groups excluding carboxylic acids is 2. The fraction of sp³-hybridized carbons (Fsp3) is 0.889. The lowest BCUT2D eigenvalue weighted by atomic mass is 10.0. The molecule has 0 aliphatic heterocycles. The van der Waals surface area contributed by atoms with Gasteiger partial charge in [0.1, 0.15) is 0 Å². The third kappa shape index (κ3) is 13.1. The lowest BCUT2D eigenvalue weighted by molar-refractivity contribution is -0.126. The summed E-state index contributed by atoms with van der Waals surface area (Å²) >= 11 is 0. The second-order valence-corrected chi connectivity index (χ2v) is 4.43. The van der Waals surface area contributed by atoms with Crippen LogP contribution in [0, 0.1) is 5.92 Å². The van der Waals surface area contributed by atoms with E-state index in [1.54, 1.807) is 0 Å². The van der Waals surface area contributed by atoms with Crippen LogP contribution in [0.5, 0.6) is 0 Å². The molecule has 2 atom stereocenters. The molecule has 23 heavy (non-hydrogen) atoms. The Kier molecular flexibility index (Phi) is 24.3. The number of hydrogen-bond donors (Lipinski definition) is 3. The van der Waals surface area contributed by atoms with Gasteiger partial charge in [-0.15, -0.1) is 0 Å². The van der Waals surface area contributed by atoms with Crippen molar-refractivity contribution < 1.29 is 9.59 Å². The summed E-state index contributed by atoms with van der Waals surface area (Å²) < 4.78 is 0. The molecule has 0 spiro atoms. The van der Waals surface area contributed by atoms with Crippen molar-refractivity contribution in [3.05, 3.63) is 0 Å². The van der Waals surface area contributed by atoms with E-state index in [1.165, 1.54) is 0 Å². The van der Waals surface area contributed by atoms with Gasteiger partial charge in [0.2, 0.25) is 11.8 Å². The van der Waals surface area contributed by atoms with Gasteiger partial charge in [0, 0.05) is 25.6 Å². The average molecular weight is 332 g/mol. The van der Waals surface area contributed by atoms with Gasteiger partial charge in [-0.3, -0.25) is 9.59 Å². The van der Waals surface area contributed by atoms with Crippen LogP contribution in [0.15, 0.2) is 0 Å². The Balaban J connectivity index is -0.000000595. The molecule has 0 bridgehead atoms. The molecular formula is C18H41N3O2. The largest absolute Gasteiger partial charge is 0.354 e. The molecule has 3 N–H and O–H groups in total. The molecule has 1 fully saturated rings. The molecule has 1 aliphatic rings. The van der Waals surface area contributed by atoms with Gasteiger partial charge in [0.05, 0.1) is 5.92 Å². The number of nitrogens with one attached hydrogen (secondary N) is 3. The maximum atomic E-state index is 11.9. The highest BCUT2D eigenvalue weighted by atomic mass is 16.2. The van der Waals surface area contributed by atoms with E-state index in [0.29, 0.717) is 25.6 Å². The second kappa shape index (κ2) is 20.9. The van der Waals surface area contributed by atoms with Crippen LogP contribution in [0.3, 0.4) is 0 Å².